The van der Waals surface area contributed by atoms with Crippen molar-refractivity contribution in [1.82, 2.24) is 15.0 Å². The number of hydrogen-bond donors (Lipinski definition) is 3. The molecule has 0 unspecified atom stereocenters. The van der Waals surface area contributed by atoms with Crippen LogP contribution in [0.5, 0.6) is 0 Å². The Morgan fingerprint density at radius 3 is 2.64 bits per heavy atom. The molecule has 28 heavy (non-hydrogen) atoms. The first-order valence-electron chi connectivity index (χ1n) is 9.03. The molecule has 0 spiro atoms. The van der Waals surface area contributed by atoms with E-state index in [2.05, 4.69) is 31.7 Å². The van der Waals surface area contributed by atoms with Gasteiger partial charge in [0.05, 0.1) is 29.6 Å². The van der Waals surface area contributed by atoms with Crippen molar-refractivity contribution in [3.05, 3.63) is 60.4 Å². The predicted molar refractivity (Wildman–Crippen MR) is 109 cm³/mol. The number of aliphatic hydroxyl groups is 1. The van der Waals surface area contributed by atoms with E-state index in [0.29, 0.717) is 28.7 Å². The van der Waals surface area contributed by atoms with Crippen molar-refractivity contribution in [2.45, 2.75) is 19.9 Å². The minimum atomic E-state index is -0.177. The lowest BCUT2D eigenvalue weighted by molar-refractivity contribution is 0.248. The summed E-state index contributed by atoms with van der Waals surface area (Å²) in [6.07, 6.45) is 3.43. The van der Waals surface area contributed by atoms with Crippen LogP contribution < -0.4 is 10.6 Å². The van der Waals surface area contributed by atoms with Gasteiger partial charge in [0, 0.05) is 24.0 Å². The lowest BCUT2D eigenvalue weighted by Crippen LogP contribution is -2.30. The first kappa shape index (κ1) is 19.3. The summed E-state index contributed by atoms with van der Waals surface area (Å²) >= 11 is 0. The number of nitrogens with one attached hydrogen (secondary N) is 2. The molecular formula is C21H22N6O. The second kappa shape index (κ2) is 8.93. The average Bonchev–Trinajstić information content (AvgIpc) is 2.72. The number of anilines is 3. The maximum Gasteiger partial charge on any atom is 0.225 e. The standard InChI is InChI=1S/C21H22N6O/c1-14(2)19(13-28)26-21-25-18(16-7-5-9-23-12-16)10-20(27-21)24-17-8-4-3-6-15(17)11-22/h3-10,12,14,19,28H,13H2,1-2H3,(H2,24,25,26,27)/t19-/m0/s1. The van der Waals surface area contributed by atoms with Gasteiger partial charge in [-0.25, -0.2) is 4.98 Å². The molecule has 0 amide bonds. The fraction of sp³-hybridized carbons (Fsp3) is 0.238. The van der Waals surface area contributed by atoms with Crippen molar-refractivity contribution in [3.63, 3.8) is 0 Å². The molecule has 0 aliphatic rings. The van der Waals surface area contributed by atoms with Gasteiger partial charge in [0.25, 0.3) is 0 Å². The Morgan fingerprint density at radius 1 is 1.14 bits per heavy atom. The highest BCUT2D eigenvalue weighted by Gasteiger charge is 2.15. The molecule has 7 heteroatoms. The van der Waals surface area contributed by atoms with E-state index < -0.39 is 0 Å². The van der Waals surface area contributed by atoms with Crippen LogP contribution in [0.25, 0.3) is 11.3 Å². The Balaban J connectivity index is 2.01. The van der Waals surface area contributed by atoms with E-state index in [4.69, 9.17) is 0 Å². The van der Waals surface area contributed by atoms with Crippen LogP contribution in [0.1, 0.15) is 19.4 Å². The third kappa shape index (κ3) is 4.61. The van der Waals surface area contributed by atoms with E-state index in [0.717, 1.165) is 5.56 Å². The van der Waals surface area contributed by atoms with E-state index in [1.165, 1.54) is 0 Å². The van der Waals surface area contributed by atoms with Gasteiger partial charge < -0.3 is 15.7 Å². The zero-order valence-electron chi connectivity index (χ0n) is 15.8. The van der Waals surface area contributed by atoms with Gasteiger partial charge >= 0.3 is 0 Å². The summed E-state index contributed by atoms with van der Waals surface area (Å²) in [5.41, 5.74) is 2.71. The van der Waals surface area contributed by atoms with Crippen LogP contribution in [0.4, 0.5) is 17.5 Å². The van der Waals surface area contributed by atoms with Crippen LogP contribution in [0.3, 0.4) is 0 Å². The summed E-state index contributed by atoms with van der Waals surface area (Å²) in [7, 11) is 0. The molecule has 2 aromatic heterocycles. The molecule has 0 fully saturated rings. The van der Waals surface area contributed by atoms with E-state index >= 15 is 0 Å². The quantitative estimate of drug-likeness (QED) is 0.580. The minimum absolute atomic E-state index is 0.0296. The molecular weight excluding hydrogens is 352 g/mol. The fourth-order valence-corrected chi connectivity index (χ4v) is 2.65. The molecule has 3 rings (SSSR count). The maximum atomic E-state index is 9.64. The highest BCUT2D eigenvalue weighted by atomic mass is 16.3. The Bertz CT molecular complexity index is 968. The molecule has 2 heterocycles. The number of nitrogens with zero attached hydrogens (tertiary/aromatic N) is 4. The molecule has 0 saturated heterocycles. The third-order valence-electron chi connectivity index (χ3n) is 4.31. The SMILES string of the molecule is CC(C)[C@H](CO)Nc1nc(Nc2ccccc2C#N)cc(-c2cccnc2)n1. The first-order valence-corrected chi connectivity index (χ1v) is 9.03. The lowest BCUT2D eigenvalue weighted by atomic mass is 10.1. The number of rotatable bonds is 7. The number of para-hydroxylation sites is 1. The zero-order valence-corrected chi connectivity index (χ0v) is 15.8. The van der Waals surface area contributed by atoms with E-state index in [-0.39, 0.29) is 18.6 Å². The second-order valence-electron chi connectivity index (χ2n) is 6.66. The van der Waals surface area contributed by atoms with Gasteiger partial charge in [-0.15, -0.1) is 0 Å². The van der Waals surface area contributed by atoms with Crippen molar-refractivity contribution >= 4 is 17.5 Å². The van der Waals surface area contributed by atoms with Gasteiger partial charge in [0.2, 0.25) is 5.95 Å². The van der Waals surface area contributed by atoms with Gasteiger partial charge in [-0.05, 0) is 30.2 Å². The number of aromatic nitrogens is 3. The van der Waals surface area contributed by atoms with Crippen LogP contribution in [0, 0.1) is 17.2 Å². The summed E-state index contributed by atoms with van der Waals surface area (Å²) in [6, 6.07) is 14.8. The second-order valence-corrected chi connectivity index (χ2v) is 6.66. The molecule has 0 saturated carbocycles. The topological polar surface area (TPSA) is 107 Å². The Morgan fingerprint density at radius 2 is 1.96 bits per heavy atom. The van der Waals surface area contributed by atoms with Crippen LogP contribution in [-0.4, -0.2) is 32.7 Å². The van der Waals surface area contributed by atoms with Gasteiger partial charge in [0.15, 0.2) is 0 Å². The molecule has 1 atom stereocenters. The largest absolute Gasteiger partial charge is 0.394 e. The van der Waals surface area contributed by atoms with E-state index in [1.54, 1.807) is 24.5 Å². The molecule has 0 aliphatic heterocycles. The molecule has 3 N–H and O–H groups in total. The number of aliphatic hydroxyl groups excluding tert-OH is 1. The number of pyridine rings is 1. The van der Waals surface area contributed by atoms with Crippen molar-refractivity contribution in [2.75, 3.05) is 17.2 Å². The van der Waals surface area contributed by atoms with E-state index in [9.17, 15) is 10.4 Å². The summed E-state index contributed by atoms with van der Waals surface area (Å²) in [6.45, 7) is 4.00. The minimum Gasteiger partial charge on any atom is -0.394 e. The maximum absolute atomic E-state index is 9.64. The van der Waals surface area contributed by atoms with Gasteiger partial charge in [-0.2, -0.15) is 10.2 Å². The summed E-state index contributed by atoms with van der Waals surface area (Å²) in [5, 5.41) is 25.4. The average molecular weight is 374 g/mol. The van der Waals surface area contributed by atoms with Gasteiger partial charge in [0.1, 0.15) is 11.9 Å². The highest BCUT2D eigenvalue weighted by molar-refractivity contribution is 5.69. The van der Waals surface area contributed by atoms with Crippen LogP contribution in [0.2, 0.25) is 0 Å². The molecule has 7 nitrogen and oxygen atoms in total. The fourth-order valence-electron chi connectivity index (χ4n) is 2.65. The first-order chi connectivity index (χ1) is 13.6. The number of nitriles is 1. The molecule has 0 bridgehead atoms. The Hall–Kier alpha value is -3.50. The number of benzene rings is 1. The van der Waals surface area contributed by atoms with Crippen molar-refractivity contribution < 1.29 is 5.11 Å². The molecule has 0 radical (unpaired) electrons. The van der Waals surface area contributed by atoms with E-state index in [1.807, 2.05) is 44.2 Å². The summed E-state index contributed by atoms with van der Waals surface area (Å²) < 4.78 is 0. The Labute approximate surface area is 164 Å². The zero-order chi connectivity index (χ0) is 19.9. The monoisotopic (exact) mass is 374 g/mol. The van der Waals surface area contributed by atoms with Crippen molar-refractivity contribution in [1.29, 1.82) is 5.26 Å². The molecule has 1 aromatic carbocycles. The van der Waals surface area contributed by atoms with Crippen molar-refractivity contribution in [2.24, 2.45) is 5.92 Å². The van der Waals surface area contributed by atoms with Crippen molar-refractivity contribution in [3.8, 4) is 17.3 Å². The lowest BCUT2D eigenvalue weighted by Gasteiger charge is -2.20. The molecule has 3 aromatic rings. The van der Waals surface area contributed by atoms with Gasteiger partial charge in [-0.3, -0.25) is 4.98 Å². The summed E-state index contributed by atoms with van der Waals surface area (Å²) in [4.78, 5) is 13.3. The van der Waals surface area contributed by atoms with Crippen LogP contribution in [0.15, 0.2) is 54.9 Å². The predicted octanol–water partition coefficient (Wildman–Crippen LogP) is 3.58. The highest BCUT2D eigenvalue weighted by Crippen LogP contribution is 2.25. The number of hydrogen-bond acceptors (Lipinski definition) is 7. The summed E-state index contributed by atoms with van der Waals surface area (Å²) in [5.74, 6) is 1.14. The molecule has 0 aliphatic carbocycles. The smallest absolute Gasteiger partial charge is 0.225 e. The van der Waals surface area contributed by atoms with Gasteiger partial charge in [-0.1, -0.05) is 26.0 Å². The Kier molecular flexibility index (Phi) is 6.14. The molecule has 142 valence electrons. The normalized spacial score (nSPS) is 11.7. The third-order valence-corrected chi connectivity index (χ3v) is 4.31. The van der Waals surface area contributed by atoms with Crippen LogP contribution >= 0.6 is 0 Å². The van der Waals surface area contributed by atoms with Crippen LogP contribution in [-0.2, 0) is 0 Å².